The van der Waals surface area contributed by atoms with Gasteiger partial charge in [0.15, 0.2) is 0 Å². The van der Waals surface area contributed by atoms with Crippen molar-refractivity contribution in [1.29, 1.82) is 0 Å². The van der Waals surface area contributed by atoms with Crippen molar-refractivity contribution < 1.29 is 14.3 Å². The van der Waals surface area contributed by atoms with Crippen molar-refractivity contribution in [3.63, 3.8) is 0 Å². The van der Waals surface area contributed by atoms with E-state index in [1.165, 1.54) is 6.07 Å². The van der Waals surface area contributed by atoms with E-state index in [-0.39, 0.29) is 12.4 Å². The number of carbonyl (C=O) groups is 1. The molecule has 0 radical (unpaired) electrons. The molecule has 132 valence electrons. The number of benzene rings is 2. The van der Waals surface area contributed by atoms with Crippen LogP contribution in [0.1, 0.15) is 22.7 Å². The monoisotopic (exact) mass is 343 g/mol. The number of fused-ring (bicyclic) bond motifs is 1. The Bertz CT molecular complexity index is 779. The maximum atomic E-state index is 14.0. The molecule has 0 fully saturated rings. The summed E-state index contributed by atoms with van der Waals surface area (Å²) in [5.74, 6) is -0.329. The van der Waals surface area contributed by atoms with Crippen LogP contribution in [-0.4, -0.2) is 31.3 Å². The van der Waals surface area contributed by atoms with Crippen LogP contribution in [0.3, 0.4) is 0 Å². The van der Waals surface area contributed by atoms with Crippen molar-refractivity contribution in [2.75, 3.05) is 19.0 Å². The molecule has 0 spiro atoms. The first-order valence-corrected chi connectivity index (χ1v) is 8.21. The van der Waals surface area contributed by atoms with Gasteiger partial charge >= 0.3 is 6.03 Å². The summed E-state index contributed by atoms with van der Waals surface area (Å²) in [5.41, 5.74) is 3.15. The van der Waals surface area contributed by atoms with Crippen molar-refractivity contribution in [3.05, 3.63) is 65.0 Å². The van der Waals surface area contributed by atoms with Gasteiger partial charge in [-0.15, -0.1) is 0 Å². The van der Waals surface area contributed by atoms with Crippen LogP contribution in [0.5, 0.6) is 0 Å². The smallest absolute Gasteiger partial charge is 0.315 e. The number of hydrogen-bond donors (Lipinski definition) is 3. The summed E-state index contributed by atoms with van der Waals surface area (Å²) in [6.07, 6.45) is -0.113. The molecule has 0 heterocycles. The normalized spacial score (nSPS) is 18.6. The summed E-state index contributed by atoms with van der Waals surface area (Å²) in [5, 5.41) is 15.7. The van der Waals surface area contributed by atoms with Gasteiger partial charge in [0.1, 0.15) is 5.82 Å². The van der Waals surface area contributed by atoms with Crippen LogP contribution in [-0.2, 0) is 13.0 Å². The lowest BCUT2D eigenvalue weighted by atomic mass is 10.1. The molecule has 1 aliphatic carbocycles. The van der Waals surface area contributed by atoms with Crippen molar-refractivity contribution in [1.82, 2.24) is 10.6 Å². The van der Waals surface area contributed by atoms with Gasteiger partial charge in [-0.1, -0.05) is 30.3 Å². The van der Waals surface area contributed by atoms with Crippen molar-refractivity contribution in [2.24, 2.45) is 0 Å². The number of carbonyl (C=O) groups excluding carboxylic acids is 1. The van der Waals surface area contributed by atoms with E-state index < -0.39 is 18.2 Å². The maximum absolute atomic E-state index is 14.0. The Hall–Kier alpha value is -2.60. The molecule has 2 amide bonds. The van der Waals surface area contributed by atoms with Crippen molar-refractivity contribution in [2.45, 2.75) is 25.1 Å². The predicted molar refractivity (Wildman–Crippen MR) is 95.0 cm³/mol. The van der Waals surface area contributed by atoms with Gasteiger partial charge in [0.2, 0.25) is 0 Å². The molecule has 0 unspecified atom stereocenters. The van der Waals surface area contributed by atoms with Crippen LogP contribution >= 0.6 is 0 Å². The molecule has 0 aromatic heterocycles. The van der Waals surface area contributed by atoms with Gasteiger partial charge in [-0.25, -0.2) is 9.18 Å². The first-order valence-electron chi connectivity index (χ1n) is 8.21. The fraction of sp³-hybridized carbons (Fsp3) is 0.316. The number of aliphatic hydroxyl groups is 1. The van der Waals surface area contributed by atoms with Gasteiger partial charge in [-0.05, 0) is 28.8 Å². The van der Waals surface area contributed by atoms with Gasteiger partial charge in [-0.2, -0.15) is 0 Å². The molecule has 2 aromatic carbocycles. The number of aliphatic hydroxyl groups excluding tert-OH is 1. The van der Waals surface area contributed by atoms with E-state index in [0.717, 1.165) is 11.1 Å². The number of urea groups is 1. The molecular formula is C19H22FN3O2. The molecule has 0 aliphatic heterocycles. The van der Waals surface area contributed by atoms with Gasteiger partial charge < -0.3 is 20.6 Å². The quantitative estimate of drug-likeness (QED) is 0.798. The third-order valence-electron chi connectivity index (χ3n) is 4.44. The number of halogens is 1. The Morgan fingerprint density at radius 2 is 2.04 bits per heavy atom. The molecular weight excluding hydrogens is 321 g/mol. The van der Waals surface area contributed by atoms with Gasteiger partial charge in [0.25, 0.3) is 0 Å². The Kier molecular flexibility index (Phi) is 4.90. The van der Waals surface area contributed by atoms with Crippen LogP contribution in [0.4, 0.5) is 14.9 Å². The lowest BCUT2D eigenvalue weighted by Crippen LogP contribution is -2.40. The highest BCUT2D eigenvalue weighted by atomic mass is 19.1. The lowest BCUT2D eigenvalue weighted by molar-refractivity contribution is 0.142. The Balaban J connectivity index is 1.59. The van der Waals surface area contributed by atoms with E-state index in [9.17, 15) is 14.3 Å². The third kappa shape index (κ3) is 3.74. The number of amides is 2. The van der Waals surface area contributed by atoms with Crippen LogP contribution in [0.25, 0.3) is 0 Å². The van der Waals surface area contributed by atoms with E-state index in [4.69, 9.17) is 0 Å². The van der Waals surface area contributed by atoms with Gasteiger partial charge in [0.05, 0.1) is 17.8 Å². The second kappa shape index (κ2) is 7.11. The first kappa shape index (κ1) is 17.2. The first-order chi connectivity index (χ1) is 12.0. The summed E-state index contributed by atoms with van der Waals surface area (Å²) in [7, 11) is 3.54. The minimum Gasteiger partial charge on any atom is -0.390 e. The highest BCUT2D eigenvalue weighted by Crippen LogP contribution is 2.31. The average molecular weight is 343 g/mol. The van der Waals surface area contributed by atoms with Crippen LogP contribution in [0, 0.1) is 5.82 Å². The third-order valence-corrected chi connectivity index (χ3v) is 4.44. The second-order valence-electron chi connectivity index (χ2n) is 6.46. The number of nitrogens with zero attached hydrogens (tertiary/aromatic N) is 1. The standard InChI is InChI=1S/C19H22FN3O2/c1-23(2)16-8-7-12(9-15(16)20)11-21-19(25)22-18-14-6-4-3-5-13(14)10-17(18)24/h3-9,17-18,24H,10-11H2,1-2H3,(H2,21,22,25)/t17-,18+/m1/s1. The molecule has 0 bridgehead atoms. The molecule has 0 saturated carbocycles. The summed E-state index contributed by atoms with van der Waals surface area (Å²) in [4.78, 5) is 13.8. The zero-order valence-corrected chi connectivity index (χ0v) is 14.3. The largest absolute Gasteiger partial charge is 0.390 e. The highest BCUT2D eigenvalue weighted by Gasteiger charge is 2.31. The van der Waals surface area contributed by atoms with E-state index in [0.29, 0.717) is 17.7 Å². The minimum atomic E-state index is -0.639. The predicted octanol–water partition coefficient (Wildman–Crippen LogP) is 2.35. The SMILES string of the molecule is CN(C)c1ccc(CNC(=O)N[C@H]2c3ccccc3C[C@H]2O)cc1F. The summed E-state index contributed by atoms with van der Waals surface area (Å²) < 4.78 is 14.0. The molecule has 25 heavy (non-hydrogen) atoms. The Morgan fingerprint density at radius 3 is 2.76 bits per heavy atom. The second-order valence-corrected chi connectivity index (χ2v) is 6.46. The van der Waals surface area contributed by atoms with Gasteiger partial charge in [-0.3, -0.25) is 0 Å². The van der Waals surface area contributed by atoms with Crippen molar-refractivity contribution >= 4 is 11.7 Å². The number of rotatable bonds is 4. The van der Waals surface area contributed by atoms with E-state index in [1.54, 1.807) is 31.1 Å². The molecule has 5 nitrogen and oxygen atoms in total. The topological polar surface area (TPSA) is 64.6 Å². The van der Waals surface area contributed by atoms with Crippen molar-refractivity contribution in [3.8, 4) is 0 Å². The molecule has 2 aromatic rings. The van der Waals surface area contributed by atoms with E-state index in [1.807, 2.05) is 24.3 Å². The molecule has 3 rings (SSSR count). The zero-order valence-electron chi connectivity index (χ0n) is 14.3. The zero-order chi connectivity index (χ0) is 18.0. The van der Waals surface area contributed by atoms with E-state index in [2.05, 4.69) is 10.6 Å². The van der Waals surface area contributed by atoms with Crippen LogP contribution in [0.2, 0.25) is 0 Å². The maximum Gasteiger partial charge on any atom is 0.315 e. The van der Waals surface area contributed by atoms with Gasteiger partial charge in [0, 0.05) is 27.1 Å². The molecule has 1 aliphatic rings. The van der Waals surface area contributed by atoms with Crippen LogP contribution < -0.4 is 15.5 Å². The average Bonchev–Trinajstić information content (AvgIpc) is 2.88. The van der Waals surface area contributed by atoms with E-state index >= 15 is 0 Å². The fourth-order valence-electron chi connectivity index (χ4n) is 3.15. The Labute approximate surface area is 146 Å². The number of nitrogens with one attached hydrogen (secondary N) is 2. The highest BCUT2D eigenvalue weighted by molar-refractivity contribution is 5.74. The lowest BCUT2D eigenvalue weighted by Gasteiger charge is -2.19. The molecule has 2 atom stereocenters. The molecule has 0 saturated heterocycles. The number of anilines is 1. The molecule has 3 N–H and O–H groups in total. The number of hydrogen-bond acceptors (Lipinski definition) is 3. The summed E-state index contributed by atoms with van der Waals surface area (Å²) in [6.45, 7) is 0.209. The Morgan fingerprint density at radius 1 is 1.28 bits per heavy atom. The summed E-state index contributed by atoms with van der Waals surface area (Å²) >= 11 is 0. The summed E-state index contributed by atoms with van der Waals surface area (Å²) in [6, 6.07) is 11.7. The minimum absolute atomic E-state index is 0.209. The molecule has 6 heteroatoms. The fourth-order valence-corrected chi connectivity index (χ4v) is 3.15. The van der Waals surface area contributed by atoms with Crippen LogP contribution in [0.15, 0.2) is 42.5 Å².